The molecule has 78 valence electrons. The van der Waals surface area contributed by atoms with Gasteiger partial charge in [0.1, 0.15) is 0 Å². The fourth-order valence-electron chi connectivity index (χ4n) is 1.02. The number of hydrazine groups is 3. The summed E-state index contributed by atoms with van der Waals surface area (Å²) < 4.78 is 0. The minimum absolute atomic E-state index is 0.837. The molecule has 0 aliphatic heterocycles. The lowest BCUT2D eigenvalue weighted by Gasteiger charge is -2.31. The second kappa shape index (κ2) is 7.03. The van der Waals surface area contributed by atoms with Gasteiger partial charge in [0.05, 0.1) is 0 Å². The highest BCUT2D eigenvalue weighted by Crippen LogP contribution is 1.88. The molecule has 0 aromatic carbocycles. The maximum atomic E-state index is 3.69. The van der Waals surface area contributed by atoms with Crippen molar-refractivity contribution in [2.75, 3.05) is 34.2 Å². The molecule has 0 aliphatic rings. The first-order chi connectivity index (χ1) is 6.11. The van der Waals surface area contributed by atoms with Gasteiger partial charge in [-0.2, -0.15) is 10.7 Å². The van der Waals surface area contributed by atoms with Gasteiger partial charge >= 0.3 is 0 Å². The van der Waals surface area contributed by atoms with Gasteiger partial charge in [0.15, 0.2) is 0 Å². The van der Waals surface area contributed by atoms with Crippen LogP contribution in [0.15, 0.2) is 12.7 Å². The Hall–Kier alpha value is -0.420. The second-order valence-corrected chi connectivity index (χ2v) is 3.17. The van der Waals surface area contributed by atoms with Gasteiger partial charge in [-0.05, 0) is 6.42 Å². The normalized spacial score (nSPS) is 11.6. The van der Waals surface area contributed by atoms with E-state index in [4.69, 9.17) is 0 Å². The highest BCUT2D eigenvalue weighted by molar-refractivity contribution is 4.68. The number of rotatable bonds is 7. The number of nitrogens with one attached hydrogen (secondary N) is 1. The standard InChI is InChI=1S/C9H22N4/c1-6-8-11(3)10-13(5)12(4)9-7-2/h7,10H,2,6,8-9H2,1,3-5H3. The molecule has 0 aliphatic carbocycles. The van der Waals surface area contributed by atoms with E-state index in [1.807, 2.05) is 37.3 Å². The fraction of sp³-hybridized carbons (Fsp3) is 0.778. The summed E-state index contributed by atoms with van der Waals surface area (Å²) in [5, 5.41) is 6.04. The van der Waals surface area contributed by atoms with Crippen LogP contribution in [0.3, 0.4) is 0 Å². The molecule has 0 fully saturated rings. The number of likely N-dealkylation sites (N-methyl/N-ethyl adjacent to an activating group) is 1. The molecule has 0 saturated heterocycles. The van der Waals surface area contributed by atoms with Crippen LogP contribution < -0.4 is 5.53 Å². The van der Waals surface area contributed by atoms with E-state index in [-0.39, 0.29) is 0 Å². The van der Waals surface area contributed by atoms with Crippen molar-refractivity contribution in [1.29, 1.82) is 0 Å². The van der Waals surface area contributed by atoms with Gasteiger partial charge in [-0.25, -0.2) is 10.0 Å². The molecule has 13 heavy (non-hydrogen) atoms. The molecule has 4 nitrogen and oxygen atoms in total. The quantitative estimate of drug-likeness (QED) is 0.467. The first-order valence-electron chi connectivity index (χ1n) is 4.64. The minimum Gasteiger partial charge on any atom is -0.233 e. The van der Waals surface area contributed by atoms with Crippen molar-refractivity contribution in [2.24, 2.45) is 0 Å². The minimum atomic E-state index is 0.837. The van der Waals surface area contributed by atoms with Crippen molar-refractivity contribution in [3.63, 3.8) is 0 Å². The summed E-state index contributed by atoms with van der Waals surface area (Å²) in [7, 11) is 6.02. The first kappa shape index (κ1) is 12.6. The summed E-state index contributed by atoms with van der Waals surface area (Å²) in [5.74, 6) is 0. The third-order valence-corrected chi connectivity index (χ3v) is 1.78. The Morgan fingerprint density at radius 2 is 1.92 bits per heavy atom. The van der Waals surface area contributed by atoms with Gasteiger partial charge in [0.25, 0.3) is 0 Å². The predicted octanol–water partition coefficient (Wildman–Crippen LogP) is 0.712. The van der Waals surface area contributed by atoms with E-state index >= 15 is 0 Å². The molecule has 0 aromatic rings. The molecule has 0 rings (SSSR count). The molecule has 0 aromatic heterocycles. The summed E-state index contributed by atoms with van der Waals surface area (Å²) in [6.45, 7) is 7.72. The molecule has 0 saturated carbocycles. The van der Waals surface area contributed by atoms with E-state index in [0.717, 1.165) is 19.5 Å². The van der Waals surface area contributed by atoms with Gasteiger partial charge in [-0.15, -0.1) is 6.58 Å². The van der Waals surface area contributed by atoms with Crippen molar-refractivity contribution in [3.05, 3.63) is 12.7 Å². The van der Waals surface area contributed by atoms with Crippen LogP contribution >= 0.6 is 0 Å². The zero-order chi connectivity index (χ0) is 10.3. The Balaban J connectivity index is 3.70. The van der Waals surface area contributed by atoms with Crippen molar-refractivity contribution in [2.45, 2.75) is 13.3 Å². The van der Waals surface area contributed by atoms with E-state index in [2.05, 4.69) is 24.0 Å². The van der Waals surface area contributed by atoms with Gasteiger partial charge in [0.2, 0.25) is 0 Å². The molecule has 0 bridgehead atoms. The van der Waals surface area contributed by atoms with Crippen LogP contribution in [0.1, 0.15) is 13.3 Å². The van der Waals surface area contributed by atoms with Crippen LogP contribution in [0.2, 0.25) is 0 Å². The molecule has 0 radical (unpaired) electrons. The zero-order valence-corrected chi connectivity index (χ0v) is 9.25. The lowest BCUT2D eigenvalue weighted by molar-refractivity contribution is -0.0825. The van der Waals surface area contributed by atoms with Gasteiger partial charge < -0.3 is 0 Å². The monoisotopic (exact) mass is 186 g/mol. The third-order valence-electron chi connectivity index (χ3n) is 1.78. The Morgan fingerprint density at radius 1 is 1.31 bits per heavy atom. The molecule has 0 unspecified atom stereocenters. The molecule has 0 atom stereocenters. The first-order valence-corrected chi connectivity index (χ1v) is 4.64. The lowest BCUT2D eigenvalue weighted by atomic mass is 10.5. The smallest absolute Gasteiger partial charge is 0.0322 e. The van der Waals surface area contributed by atoms with Gasteiger partial charge in [-0.3, -0.25) is 0 Å². The summed E-state index contributed by atoms with van der Waals surface area (Å²) in [5.41, 5.74) is 3.21. The van der Waals surface area contributed by atoms with Crippen LogP contribution in [0.25, 0.3) is 0 Å². The van der Waals surface area contributed by atoms with Crippen LogP contribution in [-0.4, -0.2) is 49.4 Å². The van der Waals surface area contributed by atoms with E-state index in [1.165, 1.54) is 0 Å². The molecule has 0 heterocycles. The van der Waals surface area contributed by atoms with Crippen LogP contribution in [0.5, 0.6) is 0 Å². The fourth-order valence-corrected chi connectivity index (χ4v) is 1.02. The topological polar surface area (TPSA) is 21.8 Å². The summed E-state index contributed by atoms with van der Waals surface area (Å²) >= 11 is 0. The SMILES string of the molecule is C=CCN(C)N(C)NN(C)CCC. The highest BCUT2D eigenvalue weighted by Gasteiger charge is 2.04. The van der Waals surface area contributed by atoms with Crippen molar-refractivity contribution in [1.82, 2.24) is 20.7 Å². The maximum Gasteiger partial charge on any atom is 0.0322 e. The summed E-state index contributed by atoms with van der Waals surface area (Å²) in [6, 6.07) is 0. The van der Waals surface area contributed by atoms with Crippen LogP contribution in [-0.2, 0) is 0 Å². The second-order valence-electron chi connectivity index (χ2n) is 3.17. The molecule has 0 amide bonds. The molecule has 4 heteroatoms. The highest BCUT2D eigenvalue weighted by atomic mass is 15.9. The Morgan fingerprint density at radius 3 is 2.38 bits per heavy atom. The predicted molar refractivity (Wildman–Crippen MR) is 56.6 cm³/mol. The molecule has 1 N–H and O–H groups in total. The number of nitrogens with zero attached hydrogens (tertiary/aromatic N) is 3. The van der Waals surface area contributed by atoms with E-state index in [0.29, 0.717) is 0 Å². The van der Waals surface area contributed by atoms with Gasteiger partial charge in [-0.1, -0.05) is 13.0 Å². The number of hydrogen-bond donors (Lipinski definition) is 1. The largest absolute Gasteiger partial charge is 0.233 e. The van der Waals surface area contributed by atoms with E-state index in [1.54, 1.807) is 0 Å². The van der Waals surface area contributed by atoms with Crippen molar-refractivity contribution >= 4 is 0 Å². The summed E-state index contributed by atoms with van der Waals surface area (Å²) in [6.07, 6.45) is 3.01. The Labute approximate surface area is 81.7 Å². The molecule has 0 spiro atoms. The van der Waals surface area contributed by atoms with Crippen molar-refractivity contribution in [3.8, 4) is 0 Å². The maximum absolute atomic E-state index is 3.69. The van der Waals surface area contributed by atoms with Crippen LogP contribution in [0, 0.1) is 0 Å². The third kappa shape index (κ3) is 5.76. The Bertz CT molecular complexity index is 138. The summed E-state index contributed by atoms with van der Waals surface area (Å²) in [4.78, 5) is 0. The van der Waals surface area contributed by atoms with Crippen LogP contribution in [0.4, 0.5) is 0 Å². The van der Waals surface area contributed by atoms with E-state index in [9.17, 15) is 0 Å². The average molecular weight is 186 g/mol. The molecular weight excluding hydrogens is 164 g/mol. The zero-order valence-electron chi connectivity index (χ0n) is 9.25. The Kier molecular flexibility index (Phi) is 6.80. The number of hydrogen-bond acceptors (Lipinski definition) is 4. The van der Waals surface area contributed by atoms with Crippen molar-refractivity contribution < 1.29 is 0 Å². The van der Waals surface area contributed by atoms with Gasteiger partial charge in [0, 0.05) is 34.2 Å². The lowest BCUT2D eigenvalue weighted by Crippen LogP contribution is -2.53. The molecular formula is C9H22N4. The average Bonchev–Trinajstić information content (AvgIpc) is 2.05. The van der Waals surface area contributed by atoms with E-state index < -0.39 is 0 Å².